The highest BCUT2D eigenvalue weighted by Gasteiger charge is 2.45. The maximum atomic E-state index is 11.9. The van der Waals surface area contributed by atoms with Gasteiger partial charge in [0.15, 0.2) is 0 Å². The first-order chi connectivity index (χ1) is 9.48. The predicted octanol–water partition coefficient (Wildman–Crippen LogP) is 2.39. The molecule has 1 aliphatic carbocycles. The number of anilines is 1. The minimum Gasteiger partial charge on any atom is -0.441 e. The third-order valence-electron chi connectivity index (χ3n) is 3.64. The molecule has 1 fully saturated rings. The number of rotatable bonds is 3. The Morgan fingerprint density at radius 2 is 2.15 bits per heavy atom. The minimum absolute atomic E-state index is 0.130. The highest BCUT2D eigenvalue weighted by Crippen LogP contribution is 2.33. The zero-order valence-electron chi connectivity index (χ0n) is 11.6. The van der Waals surface area contributed by atoms with Crippen molar-refractivity contribution in [2.45, 2.75) is 32.2 Å². The van der Waals surface area contributed by atoms with Gasteiger partial charge in [-0.3, -0.25) is 4.79 Å². The molecule has 0 aliphatic heterocycles. The third kappa shape index (κ3) is 2.32. The van der Waals surface area contributed by atoms with Gasteiger partial charge in [-0.05, 0) is 44.9 Å². The number of oxazole rings is 1. The second-order valence-corrected chi connectivity index (χ2v) is 5.35. The van der Waals surface area contributed by atoms with Crippen molar-refractivity contribution in [3.63, 3.8) is 0 Å². The van der Waals surface area contributed by atoms with E-state index in [0.29, 0.717) is 11.6 Å². The maximum Gasteiger partial charge on any atom is 0.244 e. The van der Waals surface area contributed by atoms with Gasteiger partial charge >= 0.3 is 0 Å². The number of nitrogens with two attached hydrogens (primary N) is 1. The van der Waals surface area contributed by atoms with Crippen LogP contribution in [0.25, 0.3) is 11.5 Å². The van der Waals surface area contributed by atoms with E-state index in [1.165, 1.54) is 0 Å². The monoisotopic (exact) mass is 271 g/mol. The fourth-order valence-electron chi connectivity index (χ4n) is 1.94. The number of benzene rings is 1. The molecule has 1 saturated carbocycles. The summed E-state index contributed by atoms with van der Waals surface area (Å²) in [5, 5.41) is 2.84. The Morgan fingerprint density at radius 1 is 1.40 bits per heavy atom. The van der Waals surface area contributed by atoms with Crippen molar-refractivity contribution in [3.05, 3.63) is 35.7 Å². The summed E-state index contributed by atoms with van der Waals surface area (Å²) in [6.45, 7) is 3.78. The number of hydrogen-bond acceptors (Lipinski definition) is 4. The van der Waals surface area contributed by atoms with Gasteiger partial charge in [-0.1, -0.05) is 6.07 Å². The van der Waals surface area contributed by atoms with Gasteiger partial charge in [0.2, 0.25) is 11.8 Å². The highest BCUT2D eigenvalue weighted by atomic mass is 16.4. The van der Waals surface area contributed by atoms with E-state index < -0.39 is 5.54 Å². The SMILES string of the molecule is Cc1nc(-c2cccc(NC(=O)C3(N)CC3)c2)oc1C. The molecule has 1 aromatic carbocycles. The second-order valence-electron chi connectivity index (χ2n) is 5.35. The van der Waals surface area contributed by atoms with E-state index >= 15 is 0 Å². The van der Waals surface area contributed by atoms with Crippen molar-refractivity contribution in [3.8, 4) is 11.5 Å². The summed E-state index contributed by atoms with van der Waals surface area (Å²) in [5.74, 6) is 1.23. The van der Waals surface area contributed by atoms with Crippen molar-refractivity contribution in [2.24, 2.45) is 5.73 Å². The normalized spacial score (nSPS) is 15.9. The van der Waals surface area contributed by atoms with E-state index in [1.54, 1.807) is 0 Å². The number of nitrogens with zero attached hydrogens (tertiary/aromatic N) is 1. The smallest absolute Gasteiger partial charge is 0.244 e. The number of aryl methyl sites for hydroxylation is 2. The van der Waals surface area contributed by atoms with Crippen molar-refractivity contribution in [2.75, 3.05) is 5.32 Å². The lowest BCUT2D eigenvalue weighted by Crippen LogP contribution is -2.37. The Kier molecular flexibility index (Phi) is 2.87. The molecule has 0 radical (unpaired) electrons. The fraction of sp³-hybridized carbons (Fsp3) is 0.333. The van der Waals surface area contributed by atoms with Crippen LogP contribution in [0.2, 0.25) is 0 Å². The Hall–Kier alpha value is -2.14. The van der Waals surface area contributed by atoms with Crippen LogP contribution in [0.5, 0.6) is 0 Å². The lowest BCUT2D eigenvalue weighted by molar-refractivity contribution is -0.118. The third-order valence-corrected chi connectivity index (χ3v) is 3.64. The lowest BCUT2D eigenvalue weighted by atomic mass is 10.2. The standard InChI is InChI=1S/C15H17N3O2/c1-9-10(2)20-13(17-9)11-4-3-5-12(8-11)18-14(19)15(16)6-7-15/h3-5,8H,6-7,16H2,1-2H3,(H,18,19). The molecule has 5 nitrogen and oxygen atoms in total. The van der Waals surface area contributed by atoms with Crippen LogP contribution in [-0.4, -0.2) is 16.4 Å². The fourth-order valence-corrected chi connectivity index (χ4v) is 1.94. The Morgan fingerprint density at radius 3 is 2.75 bits per heavy atom. The number of amides is 1. The lowest BCUT2D eigenvalue weighted by Gasteiger charge is -2.10. The minimum atomic E-state index is -0.674. The molecule has 20 heavy (non-hydrogen) atoms. The second kappa shape index (κ2) is 4.45. The van der Waals surface area contributed by atoms with Gasteiger partial charge in [-0.15, -0.1) is 0 Å². The molecule has 2 aromatic rings. The van der Waals surface area contributed by atoms with E-state index in [1.807, 2.05) is 38.1 Å². The van der Waals surface area contributed by atoms with Gasteiger partial charge in [0.1, 0.15) is 5.76 Å². The molecule has 5 heteroatoms. The average Bonchev–Trinajstić information content (AvgIpc) is 3.08. The van der Waals surface area contributed by atoms with Crippen LogP contribution in [0.3, 0.4) is 0 Å². The quantitative estimate of drug-likeness (QED) is 0.898. The molecule has 0 atom stereocenters. The first-order valence-corrected chi connectivity index (χ1v) is 6.63. The highest BCUT2D eigenvalue weighted by molar-refractivity contribution is 6.00. The first kappa shape index (κ1) is 12.9. The van der Waals surface area contributed by atoms with Crippen molar-refractivity contribution >= 4 is 11.6 Å². The van der Waals surface area contributed by atoms with Crippen LogP contribution in [0.4, 0.5) is 5.69 Å². The number of hydrogen-bond donors (Lipinski definition) is 2. The Labute approximate surface area is 117 Å². The molecule has 1 aromatic heterocycles. The number of nitrogens with one attached hydrogen (secondary N) is 1. The molecule has 0 unspecified atom stereocenters. The van der Waals surface area contributed by atoms with E-state index in [2.05, 4.69) is 10.3 Å². The number of carbonyl (C=O) groups is 1. The summed E-state index contributed by atoms with van der Waals surface area (Å²) >= 11 is 0. The maximum absolute atomic E-state index is 11.9. The van der Waals surface area contributed by atoms with Gasteiger partial charge in [0.25, 0.3) is 0 Å². The van der Waals surface area contributed by atoms with Crippen LogP contribution < -0.4 is 11.1 Å². The topological polar surface area (TPSA) is 81.2 Å². The van der Waals surface area contributed by atoms with Crippen molar-refractivity contribution in [1.29, 1.82) is 0 Å². The molecular weight excluding hydrogens is 254 g/mol. The summed E-state index contributed by atoms with van der Waals surface area (Å²) in [5.41, 5.74) is 7.60. The van der Waals surface area contributed by atoms with E-state index in [9.17, 15) is 4.79 Å². The molecular formula is C15H17N3O2. The molecule has 0 bridgehead atoms. The van der Waals surface area contributed by atoms with Crippen molar-refractivity contribution < 1.29 is 9.21 Å². The van der Waals surface area contributed by atoms with E-state index in [0.717, 1.165) is 29.9 Å². The van der Waals surface area contributed by atoms with Crippen LogP contribution in [0.1, 0.15) is 24.3 Å². The summed E-state index contributed by atoms with van der Waals surface area (Å²) in [4.78, 5) is 16.3. The molecule has 3 rings (SSSR count). The first-order valence-electron chi connectivity index (χ1n) is 6.63. The molecule has 3 N–H and O–H groups in total. The van der Waals surface area contributed by atoms with Crippen molar-refractivity contribution in [1.82, 2.24) is 4.98 Å². The van der Waals surface area contributed by atoms with Crippen LogP contribution in [-0.2, 0) is 4.79 Å². The number of carbonyl (C=O) groups excluding carboxylic acids is 1. The van der Waals surface area contributed by atoms with Crippen LogP contribution >= 0.6 is 0 Å². The molecule has 0 spiro atoms. The van der Waals surface area contributed by atoms with Gasteiger partial charge in [-0.2, -0.15) is 0 Å². The molecule has 1 amide bonds. The summed E-state index contributed by atoms with van der Waals surface area (Å²) in [6, 6.07) is 7.43. The molecule has 1 heterocycles. The Bertz CT molecular complexity index is 652. The summed E-state index contributed by atoms with van der Waals surface area (Å²) < 4.78 is 5.59. The predicted molar refractivity (Wildman–Crippen MR) is 76.2 cm³/mol. The summed E-state index contributed by atoms with van der Waals surface area (Å²) in [7, 11) is 0. The zero-order chi connectivity index (χ0) is 14.3. The van der Waals surface area contributed by atoms with Gasteiger partial charge < -0.3 is 15.5 Å². The summed E-state index contributed by atoms with van der Waals surface area (Å²) in [6.07, 6.45) is 1.49. The van der Waals surface area contributed by atoms with Gasteiger partial charge in [0.05, 0.1) is 11.2 Å². The molecule has 0 saturated heterocycles. The van der Waals surface area contributed by atoms with E-state index in [-0.39, 0.29) is 5.91 Å². The number of aromatic nitrogens is 1. The zero-order valence-corrected chi connectivity index (χ0v) is 11.6. The largest absolute Gasteiger partial charge is 0.441 e. The molecule has 1 aliphatic rings. The van der Waals surface area contributed by atoms with E-state index in [4.69, 9.17) is 10.2 Å². The molecule has 104 valence electrons. The van der Waals surface area contributed by atoms with Crippen LogP contribution in [0.15, 0.2) is 28.7 Å². The van der Waals surface area contributed by atoms with Crippen LogP contribution in [0, 0.1) is 13.8 Å². The average molecular weight is 271 g/mol. The van der Waals surface area contributed by atoms with Gasteiger partial charge in [-0.25, -0.2) is 4.98 Å². The Balaban J connectivity index is 1.84. The van der Waals surface area contributed by atoms with Gasteiger partial charge in [0, 0.05) is 11.3 Å².